The summed E-state index contributed by atoms with van der Waals surface area (Å²) in [4.78, 5) is 2.47. The van der Waals surface area contributed by atoms with Crippen LogP contribution >= 0.6 is 0 Å². The van der Waals surface area contributed by atoms with Gasteiger partial charge >= 0.3 is 0 Å². The smallest absolute Gasteiger partial charge is 0.0549 e. The molecule has 1 saturated heterocycles. The van der Waals surface area contributed by atoms with Crippen molar-refractivity contribution in [3.63, 3.8) is 0 Å². The van der Waals surface area contributed by atoms with Crippen LogP contribution in [0.3, 0.4) is 0 Å². The molecule has 92 valence electrons. The summed E-state index contributed by atoms with van der Waals surface area (Å²) in [6.07, 6.45) is 7.12. The zero-order valence-corrected chi connectivity index (χ0v) is 10.8. The summed E-state index contributed by atoms with van der Waals surface area (Å²) in [6, 6.07) is 0. The van der Waals surface area contributed by atoms with Crippen LogP contribution in [0.4, 0.5) is 0 Å². The Labute approximate surface area is 95.7 Å². The van der Waals surface area contributed by atoms with Crippen LogP contribution in [0.5, 0.6) is 0 Å². The van der Waals surface area contributed by atoms with Crippen LogP contribution in [-0.2, 0) is 0 Å². The summed E-state index contributed by atoms with van der Waals surface area (Å²) in [7, 11) is 0. The third-order valence-corrected chi connectivity index (χ3v) is 2.70. The first kappa shape index (κ1) is 14.9. The molecule has 0 bridgehead atoms. The summed E-state index contributed by atoms with van der Waals surface area (Å²) in [5.41, 5.74) is 0. The molecule has 1 atom stereocenters. The van der Waals surface area contributed by atoms with Crippen LogP contribution in [0, 0.1) is 0 Å². The lowest BCUT2D eigenvalue weighted by Crippen LogP contribution is -2.32. The lowest BCUT2D eigenvalue weighted by molar-refractivity contribution is 0.129. The topological polar surface area (TPSA) is 23.5 Å². The first-order valence-corrected chi connectivity index (χ1v) is 6.64. The molecule has 1 aliphatic rings. The van der Waals surface area contributed by atoms with E-state index in [2.05, 4.69) is 18.7 Å². The highest BCUT2D eigenvalue weighted by Gasteiger charge is 2.10. The van der Waals surface area contributed by atoms with Crippen LogP contribution in [0.1, 0.15) is 59.3 Å². The summed E-state index contributed by atoms with van der Waals surface area (Å²) in [6.45, 7) is 9.88. The number of hydrogen-bond acceptors (Lipinski definition) is 2. The van der Waals surface area contributed by atoms with Crippen molar-refractivity contribution in [1.29, 1.82) is 0 Å². The van der Waals surface area contributed by atoms with Crippen molar-refractivity contribution in [2.24, 2.45) is 0 Å². The van der Waals surface area contributed by atoms with Crippen molar-refractivity contribution < 1.29 is 5.11 Å². The monoisotopic (exact) mass is 215 g/mol. The normalized spacial score (nSPS) is 19.2. The number of rotatable bonds is 4. The molecule has 0 saturated carbocycles. The van der Waals surface area contributed by atoms with Crippen LogP contribution < -0.4 is 0 Å². The second kappa shape index (κ2) is 10.4. The van der Waals surface area contributed by atoms with Crippen molar-refractivity contribution in [3.8, 4) is 0 Å². The Morgan fingerprint density at radius 3 is 2.07 bits per heavy atom. The van der Waals surface area contributed by atoms with Gasteiger partial charge in [0.25, 0.3) is 0 Å². The molecule has 0 radical (unpaired) electrons. The van der Waals surface area contributed by atoms with Gasteiger partial charge in [-0.1, -0.05) is 33.6 Å². The third-order valence-electron chi connectivity index (χ3n) is 2.70. The fourth-order valence-corrected chi connectivity index (χ4v) is 1.72. The lowest BCUT2D eigenvalue weighted by atomic mass is 10.1. The number of nitrogens with zero attached hydrogens (tertiary/aromatic N) is 1. The van der Waals surface area contributed by atoms with Crippen molar-refractivity contribution in [3.05, 3.63) is 0 Å². The van der Waals surface area contributed by atoms with Gasteiger partial charge in [0.05, 0.1) is 6.10 Å². The minimum Gasteiger partial charge on any atom is -0.393 e. The number of piperidine rings is 1. The molecule has 15 heavy (non-hydrogen) atoms. The Balaban J connectivity index is 0.000000583. The van der Waals surface area contributed by atoms with E-state index in [1.54, 1.807) is 0 Å². The molecule has 1 N–H and O–H groups in total. The van der Waals surface area contributed by atoms with Crippen LogP contribution in [0.15, 0.2) is 0 Å². The van der Waals surface area contributed by atoms with Crippen LogP contribution in [0.25, 0.3) is 0 Å². The van der Waals surface area contributed by atoms with Gasteiger partial charge in [0, 0.05) is 6.54 Å². The third kappa shape index (κ3) is 8.88. The Morgan fingerprint density at radius 1 is 1.07 bits per heavy atom. The van der Waals surface area contributed by atoms with Crippen molar-refractivity contribution in [1.82, 2.24) is 4.90 Å². The molecule has 1 fully saturated rings. The molecule has 1 unspecified atom stereocenters. The Kier molecular flexibility index (Phi) is 10.4. The van der Waals surface area contributed by atoms with E-state index in [9.17, 15) is 5.11 Å². The number of hydrogen-bond donors (Lipinski definition) is 1. The highest BCUT2D eigenvalue weighted by atomic mass is 16.3. The molecule has 1 heterocycles. The second-order valence-electron chi connectivity index (χ2n) is 4.46. The van der Waals surface area contributed by atoms with Gasteiger partial charge < -0.3 is 10.0 Å². The highest BCUT2D eigenvalue weighted by molar-refractivity contribution is 4.66. The van der Waals surface area contributed by atoms with Gasteiger partial charge in [-0.05, 0) is 38.8 Å². The van der Waals surface area contributed by atoms with Gasteiger partial charge in [0.2, 0.25) is 0 Å². The fourth-order valence-electron chi connectivity index (χ4n) is 1.72. The average Bonchev–Trinajstić information content (AvgIpc) is 2.28. The van der Waals surface area contributed by atoms with E-state index in [1.807, 2.05) is 6.92 Å². The lowest BCUT2D eigenvalue weighted by Gasteiger charge is -2.26. The second-order valence-corrected chi connectivity index (χ2v) is 4.46. The first-order valence-electron chi connectivity index (χ1n) is 6.64. The summed E-state index contributed by atoms with van der Waals surface area (Å²) >= 11 is 0. The summed E-state index contributed by atoms with van der Waals surface area (Å²) in [5.74, 6) is 0. The molecular formula is C13H29NO. The van der Waals surface area contributed by atoms with Gasteiger partial charge in [0.1, 0.15) is 0 Å². The molecule has 0 spiro atoms. The maximum atomic E-state index is 9.36. The maximum Gasteiger partial charge on any atom is 0.0549 e. The van der Waals surface area contributed by atoms with Gasteiger partial charge in [-0.3, -0.25) is 0 Å². The maximum absolute atomic E-state index is 9.36. The molecule has 2 nitrogen and oxygen atoms in total. The van der Waals surface area contributed by atoms with E-state index in [1.165, 1.54) is 38.8 Å². The average molecular weight is 215 g/mol. The minimum atomic E-state index is -0.0769. The summed E-state index contributed by atoms with van der Waals surface area (Å²) in [5, 5.41) is 9.36. The first-order chi connectivity index (χ1) is 7.24. The SMILES string of the molecule is CCC.CCC(O)CCN1CCCCC1. The molecule has 0 aromatic rings. The van der Waals surface area contributed by atoms with Crippen LogP contribution in [-0.4, -0.2) is 35.7 Å². The van der Waals surface area contributed by atoms with E-state index < -0.39 is 0 Å². The van der Waals surface area contributed by atoms with Gasteiger partial charge in [0.15, 0.2) is 0 Å². The van der Waals surface area contributed by atoms with Gasteiger partial charge in [-0.2, -0.15) is 0 Å². The molecule has 0 aromatic carbocycles. The van der Waals surface area contributed by atoms with Gasteiger partial charge in [-0.15, -0.1) is 0 Å². The highest BCUT2D eigenvalue weighted by Crippen LogP contribution is 2.09. The number of likely N-dealkylation sites (tertiary alicyclic amines) is 1. The van der Waals surface area contributed by atoms with Crippen molar-refractivity contribution in [2.45, 2.75) is 65.4 Å². The molecule has 1 aliphatic heterocycles. The van der Waals surface area contributed by atoms with Gasteiger partial charge in [-0.25, -0.2) is 0 Å². The van der Waals surface area contributed by atoms with E-state index in [0.717, 1.165) is 19.4 Å². The van der Waals surface area contributed by atoms with E-state index in [0.29, 0.717) is 0 Å². The quantitative estimate of drug-likeness (QED) is 0.779. The largest absolute Gasteiger partial charge is 0.393 e. The zero-order valence-electron chi connectivity index (χ0n) is 10.8. The molecular weight excluding hydrogens is 186 g/mol. The van der Waals surface area contributed by atoms with E-state index >= 15 is 0 Å². The molecule has 1 rings (SSSR count). The molecule has 2 heteroatoms. The number of aliphatic hydroxyl groups is 1. The van der Waals surface area contributed by atoms with E-state index in [4.69, 9.17) is 0 Å². The minimum absolute atomic E-state index is 0.0769. The Bertz CT molecular complexity index is 122. The Hall–Kier alpha value is -0.0800. The molecule has 0 amide bonds. The standard InChI is InChI=1S/C10H21NO.C3H8/c1-2-10(12)6-9-11-7-4-3-5-8-11;1-3-2/h10,12H,2-9H2,1H3;3H2,1-2H3. The molecule has 0 aliphatic carbocycles. The van der Waals surface area contributed by atoms with Crippen molar-refractivity contribution in [2.75, 3.05) is 19.6 Å². The predicted molar refractivity (Wildman–Crippen MR) is 67.2 cm³/mol. The van der Waals surface area contributed by atoms with E-state index in [-0.39, 0.29) is 6.10 Å². The van der Waals surface area contributed by atoms with Crippen LogP contribution in [0.2, 0.25) is 0 Å². The fraction of sp³-hybridized carbons (Fsp3) is 1.00. The number of aliphatic hydroxyl groups excluding tert-OH is 1. The van der Waals surface area contributed by atoms with Crippen molar-refractivity contribution >= 4 is 0 Å². The predicted octanol–water partition coefficient (Wildman–Crippen LogP) is 3.05. The molecule has 0 aromatic heterocycles. The Morgan fingerprint density at radius 2 is 1.60 bits per heavy atom. The summed E-state index contributed by atoms with van der Waals surface area (Å²) < 4.78 is 0. The zero-order chi connectivity index (χ0) is 11.5.